The number of aliphatic hydroxyl groups is 1. The molecule has 0 bridgehead atoms. The number of aliphatic hydroxyl groups excluding tert-OH is 1. The molecule has 2 nitrogen and oxygen atoms in total. The van der Waals surface area contributed by atoms with Gasteiger partial charge in [0.05, 0.1) is 6.10 Å². The van der Waals surface area contributed by atoms with Crippen LogP contribution in [0.15, 0.2) is 36.4 Å². The maximum absolute atomic E-state index is 13.7. The van der Waals surface area contributed by atoms with E-state index < -0.39 is 17.7 Å². The number of halogens is 3. The molecule has 0 aliphatic rings. The van der Waals surface area contributed by atoms with Crippen LogP contribution in [-0.2, 0) is 6.61 Å². The third kappa shape index (κ3) is 3.46. The first-order chi connectivity index (χ1) is 9.47. The van der Waals surface area contributed by atoms with Crippen molar-refractivity contribution in [2.45, 2.75) is 19.6 Å². The van der Waals surface area contributed by atoms with E-state index in [9.17, 15) is 13.9 Å². The van der Waals surface area contributed by atoms with Gasteiger partial charge in [-0.1, -0.05) is 23.7 Å². The predicted octanol–water partition coefficient (Wildman–Crippen LogP) is 4.25. The molecule has 1 atom stereocenters. The van der Waals surface area contributed by atoms with Crippen molar-refractivity contribution in [3.05, 3.63) is 64.2 Å². The second-order valence-electron chi connectivity index (χ2n) is 4.39. The molecular formula is C15H13ClF2O2. The van der Waals surface area contributed by atoms with Crippen LogP contribution < -0.4 is 4.74 Å². The van der Waals surface area contributed by atoms with E-state index in [1.807, 2.05) is 0 Å². The lowest BCUT2D eigenvalue weighted by Crippen LogP contribution is -2.01. The van der Waals surface area contributed by atoms with Gasteiger partial charge in [0.25, 0.3) is 0 Å². The zero-order chi connectivity index (χ0) is 14.7. The Hall–Kier alpha value is -1.65. The van der Waals surface area contributed by atoms with Crippen molar-refractivity contribution in [3.8, 4) is 5.75 Å². The van der Waals surface area contributed by atoms with Gasteiger partial charge in [-0.2, -0.15) is 0 Å². The van der Waals surface area contributed by atoms with E-state index in [-0.39, 0.29) is 17.9 Å². The van der Waals surface area contributed by atoms with Crippen LogP contribution >= 0.6 is 11.6 Å². The number of benzene rings is 2. The van der Waals surface area contributed by atoms with Crippen LogP contribution in [0, 0.1) is 11.6 Å². The molecule has 0 spiro atoms. The lowest BCUT2D eigenvalue weighted by atomic mass is 10.1. The summed E-state index contributed by atoms with van der Waals surface area (Å²) >= 11 is 5.64. The Morgan fingerprint density at radius 3 is 2.50 bits per heavy atom. The predicted molar refractivity (Wildman–Crippen MR) is 72.8 cm³/mol. The first kappa shape index (κ1) is 14.8. The quantitative estimate of drug-likeness (QED) is 0.914. The van der Waals surface area contributed by atoms with E-state index in [0.717, 1.165) is 0 Å². The molecule has 0 saturated carbocycles. The maximum atomic E-state index is 13.7. The summed E-state index contributed by atoms with van der Waals surface area (Å²) in [6.45, 7) is 1.44. The Morgan fingerprint density at radius 1 is 1.15 bits per heavy atom. The molecule has 0 amide bonds. The largest absolute Gasteiger partial charge is 0.486 e. The first-order valence-corrected chi connectivity index (χ1v) is 6.39. The Balaban J connectivity index is 2.11. The Morgan fingerprint density at radius 2 is 1.90 bits per heavy atom. The molecule has 2 aromatic carbocycles. The molecule has 2 rings (SSSR count). The molecule has 106 valence electrons. The van der Waals surface area contributed by atoms with Gasteiger partial charge in [0.1, 0.15) is 12.4 Å². The lowest BCUT2D eigenvalue weighted by molar-refractivity contribution is 0.198. The minimum Gasteiger partial charge on any atom is -0.486 e. The lowest BCUT2D eigenvalue weighted by Gasteiger charge is -2.10. The topological polar surface area (TPSA) is 29.5 Å². The minimum absolute atomic E-state index is 0.00347. The van der Waals surface area contributed by atoms with Gasteiger partial charge in [0, 0.05) is 10.6 Å². The third-order valence-electron chi connectivity index (χ3n) is 2.84. The van der Waals surface area contributed by atoms with Crippen molar-refractivity contribution >= 4 is 11.6 Å². The van der Waals surface area contributed by atoms with Gasteiger partial charge in [-0.05, 0) is 36.8 Å². The van der Waals surface area contributed by atoms with E-state index in [1.54, 1.807) is 13.0 Å². The SMILES string of the molecule is C[C@H](O)c1ccc(OCc2ccc(Cl)cc2F)c(F)c1. The van der Waals surface area contributed by atoms with Crippen molar-refractivity contribution < 1.29 is 18.6 Å². The smallest absolute Gasteiger partial charge is 0.165 e. The van der Waals surface area contributed by atoms with Crippen LogP contribution in [0.5, 0.6) is 5.75 Å². The summed E-state index contributed by atoms with van der Waals surface area (Å²) in [5.74, 6) is -1.10. The van der Waals surface area contributed by atoms with Crippen LogP contribution in [0.4, 0.5) is 8.78 Å². The van der Waals surface area contributed by atoms with E-state index in [4.69, 9.17) is 16.3 Å². The summed E-state index contributed by atoms with van der Waals surface area (Å²) in [5, 5.41) is 9.63. The zero-order valence-corrected chi connectivity index (χ0v) is 11.5. The summed E-state index contributed by atoms with van der Waals surface area (Å²) in [4.78, 5) is 0. The number of rotatable bonds is 4. The van der Waals surface area contributed by atoms with Gasteiger partial charge >= 0.3 is 0 Å². The summed E-state index contributed by atoms with van der Waals surface area (Å²) in [6.07, 6.45) is -0.757. The van der Waals surface area contributed by atoms with Crippen LogP contribution in [-0.4, -0.2) is 5.11 Å². The third-order valence-corrected chi connectivity index (χ3v) is 3.07. The van der Waals surface area contributed by atoms with Crippen molar-refractivity contribution in [2.75, 3.05) is 0 Å². The molecule has 5 heteroatoms. The Bertz CT molecular complexity index is 615. The van der Waals surface area contributed by atoms with Crippen LogP contribution in [0.3, 0.4) is 0 Å². The average Bonchev–Trinajstić information content (AvgIpc) is 2.38. The van der Waals surface area contributed by atoms with Crippen molar-refractivity contribution in [3.63, 3.8) is 0 Å². The van der Waals surface area contributed by atoms with E-state index >= 15 is 0 Å². The van der Waals surface area contributed by atoms with Crippen LogP contribution in [0.1, 0.15) is 24.2 Å². The second kappa shape index (κ2) is 6.20. The van der Waals surface area contributed by atoms with Crippen LogP contribution in [0.25, 0.3) is 0 Å². The maximum Gasteiger partial charge on any atom is 0.165 e. The Labute approximate surface area is 120 Å². The van der Waals surface area contributed by atoms with Crippen molar-refractivity contribution in [1.29, 1.82) is 0 Å². The molecule has 2 aromatic rings. The fourth-order valence-electron chi connectivity index (χ4n) is 1.69. The minimum atomic E-state index is -0.757. The summed E-state index contributed by atoms with van der Waals surface area (Å²) in [5.41, 5.74) is 0.737. The normalized spacial score (nSPS) is 12.2. The monoisotopic (exact) mass is 298 g/mol. The van der Waals surface area contributed by atoms with Crippen molar-refractivity contribution in [1.82, 2.24) is 0 Å². The molecule has 0 heterocycles. The second-order valence-corrected chi connectivity index (χ2v) is 4.83. The molecule has 20 heavy (non-hydrogen) atoms. The number of hydrogen-bond donors (Lipinski definition) is 1. The fourth-order valence-corrected chi connectivity index (χ4v) is 1.85. The Kier molecular flexibility index (Phi) is 4.57. The first-order valence-electron chi connectivity index (χ1n) is 6.01. The van der Waals surface area contributed by atoms with Gasteiger partial charge in [-0.25, -0.2) is 8.78 Å². The number of ether oxygens (including phenoxy) is 1. The molecule has 0 aliphatic carbocycles. The molecule has 0 saturated heterocycles. The summed E-state index contributed by atoms with van der Waals surface area (Å²) in [7, 11) is 0. The van der Waals surface area contributed by atoms with Gasteiger partial charge < -0.3 is 9.84 Å². The fraction of sp³-hybridized carbons (Fsp3) is 0.200. The number of hydrogen-bond acceptors (Lipinski definition) is 2. The molecule has 0 radical (unpaired) electrons. The highest BCUT2D eigenvalue weighted by molar-refractivity contribution is 6.30. The molecule has 0 unspecified atom stereocenters. The van der Waals surface area contributed by atoms with Crippen molar-refractivity contribution in [2.24, 2.45) is 0 Å². The van der Waals surface area contributed by atoms with E-state index in [1.165, 1.54) is 30.3 Å². The molecule has 0 aliphatic heterocycles. The average molecular weight is 299 g/mol. The zero-order valence-electron chi connectivity index (χ0n) is 10.7. The van der Waals surface area contributed by atoms with Gasteiger partial charge in [0.2, 0.25) is 0 Å². The van der Waals surface area contributed by atoms with E-state index in [2.05, 4.69) is 0 Å². The molecule has 1 N–H and O–H groups in total. The highest BCUT2D eigenvalue weighted by Crippen LogP contribution is 2.23. The van der Waals surface area contributed by atoms with Crippen LogP contribution in [0.2, 0.25) is 5.02 Å². The summed E-state index contributed by atoms with van der Waals surface area (Å²) < 4.78 is 32.5. The molecular weight excluding hydrogens is 286 g/mol. The molecule has 0 aromatic heterocycles. The summed E-state index contributed by atoms with van der Waals surface area (Å²) in [6, 6.07) is 8.35. The van der Waals surface area contributed by atoms with E-state index in [0.29, 0.717) is 10.6 Å². The molecule has 0 fully saturated rings. The van der Waals surface area contributed by atoms with Gasteiger partial charge in [-0.15, -0.1) is 0 Å². The highest BCUT2D eigenvalue weighted by atomic mass is 35.5. The standard InChI is InChI=1S/C15H13ClF2O2/c1-9(19)10-3-5-15(14(18)6-10)20-8-11-2-4-12(16)7-13(11)17/h2-7,9,19H,8H2,1H3/t9-/m0/s1. The van der Waals surface area contributed by atoms with Gasteiger partial charge in [-0.3, -0.25) is 0 Å². The van der Waals surface area contributed by atoms with Gasteiger partial charge in [0.15, 0.2) is 11.6 Å². The highest BCUT2D eigenvalue weighted by Gasteiger charge is 2.09.